The molecular formula is C19H15F5O2. The average molecular weight is 370 g/mol. The quantitative estimate of drug-likeness (QED) is 0.547. The standard InChI is InChI=1S/C19H15F5O2/c20-14-5-10(6-15(21)18(14)24)9-26-19-16(22)7-12(8-17(19)23)11-1-3-13(25)4-2-11/h5-8,11H,1-4,9H2. The predicted molar refractivity (Wildman–Crippen MR) is 83.2 cm³/mol. The van der Waals surface area contributed by atoms with Crippen molar-refractivity contribution in [3.63, 3.8) is 0 Å². The maximum Gasteiger partial charge on any atom is 0.194 e. The summed E-state index contributed by atoms with van der Waals surface area (Å²) in [5.41, 5.74) is 0.341. The Balaban J connectivity index is 1.75. The maximum atomic E-state index is 14.2. The lowest BCUT2D eigenvalue weighted by atomic mass is 9.83. The highest BCUT2D eigenvalue weighted by Gasteiger charge is 2.23. The van der Waals surface area contributed by atoms with Gasteiger partial charge in [0.2, 0.25) is 0 Å². The van der Waals surface area contributed by atoms with Gasteiger partial charge in [-0.15, -0.1) is 0 Å². The van der Waals surface area contributed by atoms with E-state index in [1.54, 1.807) is 0 Å². The summed E-state index contributed by atoms with van der Waals surface area (Å²) in [6.07, 6.45) is 1.83. The van der Waals surface area contributed by atoms with Gasteiger partial charge in [-0.05, 0) is 54.2 Å². The van der Waals surface area contributed by atoms with Crippen LogP contribution in [0.25, 0.3) is 0 Å². The average Bonchev–Trinajstić information content (AvgIpc) is 2.59. The van der Waals surface area contributed by atoms with Crippen molar-refractivity contribution in [2.24, 2.45) is 0 Å². The Morgan fingerprint density at radius 2 is 1.38 bits per heavy atom. The highest BCUT2D eigenvalue weighted by Crippen LogP contribution is 2.34. The Labute approximate surface area is 146 Å². The largest absolute Gasteiger partial charge is 0.483 e. The van der Waals surface area contributed by atoms with Crippen LogP contribution in [0.4, 0.5) is 22.0 Å². The fourth-order valence-corrected chi connectivity index (χ4v) is 3.07. The van der Waals surface area contributed by atoms with Crippen LogP contribution in [0.5, 0.6) is 5.75 Å². The molecule has 1 aliphatic carbocycles. The highest BCUT2D eigenvalue weighted by atomic mass is 19.2. The molecule has 1 aliphatic rings. The number of hydrogen-bond donors (Lipinski definition) is 0. The number of carbonyl (C=O) groups is 1. The summed E-state index contributed by atoms with van der Waals surface area (Å²) in [5, 5.41) is 0. The molecule has 0 atom stereocenters. The van der Waals surface area contributed by atoms with Crippen LogP contribution in [-0.2, 0) is 11.4 Å². The van der Waals surface area contributed by atoms with Crippen LogP contribution in [0.1, 0.15) is 42.7 Å². The van der Waals surface area contributed by atoms with Crippen LogP contribution in [0.15, 0.2) is 24.3 Å². The molecule has 0 spiro atoms. The van der Waals surface area contributed by atoms with Crippen molar-refractivity contribution in [1.82, 2.24) is 0 Å². The summed E-state index contributed by atoms with van der Waals surface area (Å²) >= 11 is 0. The van der Waals surface area contributed by atoms with Gasteiger partial charge in [0, 0.05) is 12.8 Å². The summed E-state index contributed by atoms with van der Waals surface area (Å²) in [4.78, 5) is 11.3. The van der Waals surface area contributed by atoms with E-state index in [-0.39, 0.29) is 17.3 Å². The Bertz CT molecular complexity index is 794. The van der Waals surface area contributed by atoms with Gasteiger partial charge in [0.1, 0.15) is 12.4 Å². The molecule has 0 bridgehead atoms. The third-order valence-electron chi connectivity index (χ3n) is 4.46. The summed E-state index contributed by atoms with van der Waals surface area (Å²) in [6.45, 7) is -0.529. The fraction of sp³-hybridized carbons (Fsp3) is 0.316. The number of carbonyl (C=O) groups excluding carboxylic acids is 1. The first-order valence-electron chi connectivity index (χ1n) is 8.12. The molecule has 7 heteroatoms. The van der Waals surface area contributed by atoms with Crippen molar-refractivity contribution in [2.45, 2.75) is 38.2 Å². The normalized spacial score (nSPS) is 15.3. The number of halogens is 5. The number of Topliss-reactive ketones (excluding diaryl/α,β-unsaturated/α-hetero) is 1. The first-order valence-corrected chi connectivity index (χ1v) is 8.12. The first kappa shape index (κ1) is 18.4. The van der Waals surface area contributed by atoms with Crippen LogP contribution in [-0.4, -0.2) is 5.78 Å². The number of rotatable bonds is 4. The molecular weight excluding hydrogens is 355 g/mol. The summed E-state index contributed by atoms with van der Waals surface area (Å²) in [5.74, 6) is -6.97. The van der Waals surface area contributed by atoms with Crippen LogP contribution in [0, 0.1) is 29.1 Å². The molecule has 0 aromatic heterocycles. The summed E-state index contributed by atoms with van der Waals surface area (Å²) in [7, 11) is 0. The number of ketones is 1. The third kappa shape index (κ3) is 3.86. The lowest BCUT2D eigenvalue weighted by Gasteiger charge is -2.22. The van der Waals surface area contributed by atoms with E-state index in [1.165, 1.54) is 0 Å². The van der Waals surface area contributed by atoms with Gasteiger partial charge in [-0.1, -0.05) is 0 Å². The number of benzene rings is 2. The SMILES string of the molecule is O=C1CCC(c2cc(F)c(OCc3cc(F)c(F)c(F)c3)c(F)c2)CC1. The minimum atomic E-state index is -1.62. The Morgan fingerprint density at radius 1 is 0.846 bits per heavy atom. The fourth-order valence-electron chi connectivity index (χ4n) is 3.07. The van der Waals surface area contributed by atoms with Crippen LogP contribution in [0.3, 0.4) is 0 Å². The molecule has 0 saturated heterocycles. The van der Waals surface area contributed by atoms with Gasteiger partial charge in [0.15, 0.2) is 34.8 Å². The lowest BCUT2D eigenvalue weighted by molar-refractivity contribution is -0.120. The smallest absolute Gasteiger partial charge is 0.194 e. The molecule has 0 radical (unpaired) electrons. The zero-order valence-electron chi connectivity index (χ0n) is 13.6. The van der Waals surface area contributed by atoms with Crippen LogP contribution < -0.4 is 4.74 Å². The van der Waals surface area contributed by atoms with E-state index in [9.17, 15) is 26.7 Å². The summed E-state index contributed by atoms with van der Waals surface area (Å²) < 4.78 is 72.7. The zero-order valence-corrected chi connectivity index (χ0v) is 13.6. The minimum Gasteiger partial charge on any atom is -0.483 e. The second kappa shape index (κ2) is 7.43. The first-order chi connectivity index (χ1) is 12.3. The topological polar surface area (TPSA) is 26.3 Å². The van der Waals surface area contributed by atoms with Gasteiger partial charge in [0.05, 0.1) is 0 Å². The van der Waals surface area contributed by atoms with Gasteiger partial charge in [-0.25, -0.2) is 22.0 Å². The van der Waals surface area contributed by atoms with Crippen LogP contribution in [0.2, 0.25) is 0 Å². The zero-order chi connectivity index (χ0) is 18.8. The summed E-state index contributed by atoms with van der Waals surface area (Å²) in [6, 6.07) is 3.68. The minimum absolute atomic E-state index is 0.102. The van der Waals surface area contributed by atoms with Crippen LogP contribution >= 0.6 is 0 Å². The van der Waals surface area contributed by atoms with Gasteiger partial charge in [0.25, 0.3) is 0 Å². The van der Waals surface area contributed by atoms with Gasteiger partial charge >= 0.3 is 0 Å². The van der Waals surface area contributed by atoms with E-state index in [2.05, 4.69) is 0 Å². The molecule has 1 fully saturated rings. The van der Waals surface area contributed by atoms with Gasteiger partial charge in [-0.3, -0.25) is 4.79 Å². The van der Waals surface area contributed by atoms with E-state index in [4.69, 9.17) is 4.74 Å². The third-order valence-corrected chi connectivity index (χ3v) is 4.46. The molecule has 26 heavy (non-hydrogen) atoms. The molecule has 0 aliphatic heterocycles. The van der Waals surface area contributed by atoms with E-state index >= 15 is 0 Å². The molecule has 2 nitrogen and oxygen atoms in total. The molecule has 0 N–H and O–H groups in total. The van der Waals surface area contributed by atoms with E-state index < -0.39 is 41.4 Å². The Hall–Kier alpha value is -2.44. The number of ether oxygens (including phenoxy) is 1. The molecule has 0 amide bonds. The predicted octanol–water partition coefficient (Wildman–Crippen LogP) is 5.19. The molecule has 3 rings (SSSR count). The van der Waals surface area contributed by atoms with E-state index in [1.807, 2.05) is 0 Å². The van der Waals surface area contributed by atoms with Crippen molar-refractivity contribution in [3.05, 3.63) is 64.5 Å². The van der Waals surface area contributed by atoms with Gasteiger partial charge < -0.3 is 4.74 Å². The van der Waals surface area contributed by atoms with E-state index in [0.29, 0.717) is 43.4 Å². The monoisotopic (exact) mass is 370 g/mol. The molecule has 138 valence electrons. The van der Waals surface area contributed by atoms with E-state index in [0.717, 1.165) is 12.1 Å². The van der Waals surface area contributed by atoms with Crippen molar-refractivity contribution >= 4 is 5.78 Å². The maximum absolute atomic E-state index is 14.2. The Morgan fingerprint density at radius 3 is 1.92 bits per heavy atom. The second-order valence-corrected chi connectivity index (χ2v) is 6.29. The van der Waals surface area contributed by atoms with Crippen molar-refractivity contribution < 1.29 is 31.5 Å². The lowest BCUT2D eigenvalue weighted by Crippen LogP contribution is -2.13. The van der Waals surface area contributed by atoms with Gasteiger partial charge in [-0.2, -0.15) is 0 Å². The molecule has 2 aromatic rings. The highest BCUT2D eigenvalue weighted by molar-refractivity contribution is 5.79. The van der Waals surface area contributed by atoms with Crippen molar-refractivity contribution in [2.75, 3.05) is 0 Å². The Kier molecular flexibility index (Phi) is 5.25. The molecule has 1 saturated carbocycles. The second-order valence-electron chi connectivity index (χ2n) is 6.29. The molecule has 0 heterocycles. The molecule has 2 aromatic carbocycles. The van der Waals surface area contributed by atoms with Crippen molar-refractivity contribution in [3.8, 4) is 5.75 Å². The molecule has 0 unspecified atom stereocenters. The van der Waals surface area contributed by atoms with Crippen molar-refractivity contribution in [1.29, 1.82) is 0 Å². The number of hydrogen-bond acceptors (Lipinski definition) is 2.